The first-order valence-corrected chi connectivity index (χ1v) is 7.15. The third-order valence-corrected chi connectivity index (χ3v) is 3.35. The zero-order chi connectivity index (χ0) is 12.7. The average molecular weight is 240 g/mol. The minimum absolute atomic E-state index is 0.291. The predicted octanol–water partition coefficient (Wildman–Crippen LogP) is 2.41. The van der Waals surface area contributed by atoms with E-state index in [4.69, 9.17) is 0 Å². The lowest BCUT2D eigenvalue weighted by atomic mass is 10.1. The highest BCUT2D eigenvalue weighted by Gasteiger charge is 2.26. The number of carbonyl (C=O) groups is 1. The van der Waals surface area contributed by atoms with Gasteiger partial charge in [0.05, 0.1) is 6.54 Å². The molecule has 1 aliphatic carbocycles. The summed E-state index contributed by atoms with van der Waals surface area (Å²) in [4.78, 5) is 14.3. The minimum Gasteiger partial charge on any atom is -0.338 e. The maximum atomic E-state index is 12.2. The van der Waals surface area contributed by atoms with Crippen molar-refractivity contribution < 1.29 is 4.79 Å². The minimum atomic E-state index is 0.291. The highest BCUT2D eigenvalue weighted by Crippen LogP contribution is 2.24. The number of hydrogen-bond donors (Lipinski definition) is 1. The quantitative estimate of drug-likeness (QED) is 0.693. The zero-order valence-electron chi connectivity index (χ0n) is 11.7. The molecule has 1 aliphatic rings. The summed E-state index contributed by atoms with van der Waals surface area (Å²) in [7, 11) is 0. The van der Waals surface area contributed by atoms with Crippen LogP contribution in [0.5, 0.6) is 0 Å². The molecule has 0 aromatic rings. The molecule has 0 bridgehead atoms. The molecule has 0 atom stereocenters. The van der Waals surface area contributed by atoms with E-state index in [1.54, 1.807) is 0 Å². The summed E-state index contributed by atoms with van der Waals surface area (Å²) in [5, 5.41) is 3.22. The van der Waals surface area contributed by atoms with Crippen LogP contribution in [0.3, 0.4) is 0 Å². The average Bonchev–Trinajstić information content (AvgIpc) is 2.79. The molecule has 1 fully saturated rings. The summed E-state index contributed by atoms with van der Waals surface area (Å²) < 4.78 is 0. The van der Waals surface area contributed by atoms with Gasteiger partial charge in [-0.1, -0.05) is 33.6 Å². The summed E-state index contributed by atoms with van der Waals surface area (Å²) in [5.74, 6) is 0.852. The van der Waals surface area contributed by atoms with Crippen LogP contribution in [0.15, 0.2) is 0 Å². The molecule has 3 nitrogen and oxygen atoms in total. The third kappa shape index (κ3) is 5.07. The van der Waals surface area contributed by atoms with Crippen molar-refractivity contribution >= 4 is 5.91 Å². The van der Waals surface area contributed by atoms with E-state index >= 15 is 0 Å². The summed E-state index contributed by atoms with van der Waals surface area (Å²) in [6.07, 6.45) is 6.06. The molecular weight excluding hydrogens is 212 g/mol. The summed E-state index contributed by atoms with van der Waals surface area (Å²) >= 11 is 0. The molecule has 0 heterocycles. The molecule has 0 aromatic carbocycles. The highest BCUT2D eigenvalue weighted by molar-refractivity contribution is 5.78. The van der Waals surface area contributed by atoms with Crippen molar-refractivity contribution in [2.75, 3.05) is 19.6 Å². The smallest absolute Gasteiger partial charge is 0.236 e. The van der Waals surface area contributed by atoms with Crippen LogP contribution in [0.25, 0.3) is 0 Å². The Kier molecular flexibility index (Phi) is 6.56. The maximum Gasteiger partial charge on any atom is 0.236 e. The van der Waals surface area contributed by atoms with Gasteiger partial charge in [-0.2, -0.15) is 0 Å². The van der Waals surface area contributed by atoms with Crippen molar-refractivity contribution in [1.82, 2.24) is 10.2 Å². The van der Waals surface area contributed by atoms with Crippen molar-refractivity contribution in [2.45, 2.75) is 58.9 Å². The standard InChI is InChI=1S/C14H28N2O/c1-4-9-15-10-14(17)16(11-12(2)3)13-7-5-6-8-13/h12-13,15H,4-11H2,1-3H3. The number of nitrogens with zero attached hydrogens (tertiary/aromatic N) is 1. The van der Waals surface area contributed by atoms with Gasteiger partial charge in [0, 0.05) is 12.6 Å². The van der Waals surface area contributed by atoms with Crippen LogP contribution in [0.4, 0.5) is 0 Å². The van der Waals surface area contributed by atoms with Gasteiger partial charge in [0.25, 0.3) is 0 Å². The van der Waals surface area contributed by atoms with E-state index in [9.17, 15) is 4.79 Å². The van der Waals surface area contributed by atoms with Crippen LogP contribution < -0.4 is 5.32 Å². The Hall–Kier alpha value is -0.570. The molecule has 17 heavy (non-hydrogen) atoms. The Morgan fingerprint density at radius 2 is 2.00 bits per heavy atom. The fourth-order valence-corrected chi connectivity index (χ4v) is 2.54. The van der Waals surface area contributed by atoms with Crippen LogP contribution in [0, 0.1) is 5.92 Å². The van der Waals surface area contributed by atoms with Crippen LogP contribution in [-0.2, 0) is 4.79 Å². The van der Waals surface area contributed by atoms with Crippen LogP contribution in [-0.4, -0.2) is 36.5 Å². The Labute approximate surface area is 106 Å². The highest BCUT2D eigenvalue weighted by atomic mass is 16.2. The maximum absolute atomic E-state index is 12.2. The second kappa shape index (κ2) is 7.70. The Bertz CT molecular complexity index is 222. The molecular formula is C14H28N2O. The topological polar surface area (TPSA) is 32.3 Å². The zero-order valence-corrected chi connectivity index (χ0v) is 11.7. The molecule has 0 unspecified atom stereocenters. The van der Waals surface area contributed by atoms with Crippen LogP contribution in [0.2, 0.25) is 0 Å². The number of rotatable bonds is 7. The van der Waals surface area contributed by atoms with E-state index in [2.05, 4.69) is 31.0 Å². The van der Waals surface area contributed by atoms with Crippen LogP contribution in [0.1, 0.15) is 52.9 Å². The first kappa shape index (κ1) is 14.5. The van der Waals surface area contributed by atoms with Gasteiger partial charge in [-0.3, -0.25) is 4.79 Å². The summed E-state index contributed by atoms with van der Waals surface area (Å²) in [6.45, 7) is 8.87. The first-order valence-electron chi connectivity index (χ1n) is 7.15. The third-order valence-electron chi connectivity index (χ3n) is 3.35. The Morgan fingerprint density at radius 3 is 2.53 bits per heavy atom. The summed E-state index contributed by atoms with van der Waals surface area (Å²) in [5.41, 5.74) is 0. The number of hydrogen-bond acceptors (Lipinski definition) is 2. The van der Waals surface area contributed by atoms with Gasteiger partial charge < -0.3 is 10.2 Å². The summed E-state index contributed by atoms with van der Waals surface area (Å²) in [6, 6.07) is 0.508. The lowest BCUT2D eigenvalue weighted by Crippen LogP contribution is -2.45. The molecule has 3 heteroatoms. The van der Waals surface area contributed by atoms with Crippen molar-refractivity contribution in [1.29, 1.82) is 0 Å². The van der Waals surface area contributed by atoms with Gasteiger partial charge >= 0.3 is 0 Å². The van der Waals surface area contributed by atoms with E-state index in [1.165, 1.54) is 25.7 Å². The second-order valence-electron chi connectivity index (χ2n) is 5.56. The Balaban J connectivity index is 2.45. The van der Waals surface area contributed by atoms with Gasteiger partial charge in [-0.15, -0.1) is 0 Å². The van der Waals surface area contributed by atoms with Crippen molar-refractivity contribution in [3.05, 3.63) is 0 Å². The molecule has 1 saturated carbocycles. The molecule has 0 saturated heterocycles. The van der Waals surface area contributed by atoms with Crippen molar-refractivity contribution in [3.63, 3.8) is 0 Å². The normalized spacial score (nSPS) is 16.7. The van der Waals surface area contributed by atoms with E-state index < -0.39 is 0 Å². The fraction of sp³-hybridized carbons (Fsp3) is 0.929. The largest absolute Gasteiger partial charge is 0.338 e. The molecule has 0 aliphatic heterocycles. The van der Waals surface area contributed by atoms with Crippen molar-refractivity contribution in [3.8, 4) is 0 Å². The molecule has 0 aromatic heterocycles. The van der Waals surface area contributed by atoms with Gasteiger partial charge in [0.2, 0.25) is 5.91 Å². The van der Waals surface area contributed by atoms with Crippen molar-refractivity contribution in [2.24, 2.45) is 5.92 Å². The molecule has 0 radical (unpaired) electrons. The predicted molar refractivity (Wildman–Crippen MR) is 72.0 cm³/mol. The van der Waals surface area contributed by atoms with Gasteiger partial charge in [-0.25, -0.2) is 0 Å². The molecule has 1 N–H and O–H groups in total. The first-order chi connectivity index (χ1) is 8.15. The van der Waals surface area contributed by atoms with E-state index in [1.807, 2.05) is 0 Å². The van der Waals surface area contributed by atoms with E-state index in [0.717, 1.165) is 19.5 Å². The molecule has 1 rings (SSSR count). The number of carbonyl (C=O) groups excluding carboxylic acids is 1. The Morgan fingerprint density at radius 1 is 1.35 bits per heavy atom. The molecule has 0 spiro atoms. The van der Waals surface area contributed by atoms with E-state index in [-0.39, 0.29) is 0 Å². The SMILES string of the molecule is CCCNCC(=O)N(CC(C)C)C1CCCC1. The lowest BCUT2D eigenvalue weighted by Gasteiger charge is -2.30. The van der Waals surface area contributed by atoms with Gasteiger partial charge in [0.15, 0.2) is 0 Å². The van der Waals surface area contributed by atoms with Gasteiger partial charge in [0.1, 0.15) is 0 Å². The second-order valence-corrected chi connectivity index (χ2v) is 5.56. The lowest BCUT2D eigenvalue weighted by molar-refractivity contribution is -0.133. The monoisotopic (exact) mass is 240 g/mol. The van der Waals surface area contributed by atoms with Gasteiger partial charge in [-0.05, 0) is 31.7 Å². The van der Waals surface area contributed by atoms with Crippen LogP contribution >= 0.6 is 0 Å². The number of nitrogens with one attached hydrogen (secondary N) is 1. The molecule has 100 valence electrons. The fourth-order valence-electron chi connectivity index (χ4n) is 2.54. The molecule has 1 amide bonds. The van der Waals surface area contributed by atoms with E-state index in [0.29, 0.717) is 24.4 Å². The number of amides is 1.